The monoisotopic (exact) mass is 395 g/mol. The molecule has 0 spiro atoms. The molecule has 1 N–H and O–H groups in total. The second kappa shape index (κ2) is 8.77. The SMILES string of the molecule is O=C(CN1CCN(C(=O)C[C@@H]2C=CCC2)CC1)Nc1ccccc1C(F)(F)F. The second-order valence-electron chi connectivity index (χ2n) is 7.22. The van der Waals surface area contributed by atoms with E-state index in [4.69, 9.17) is 0 Å². The third-order valence-corrected chi connectivity index (χ3v) is 5.15. The van der Waals surface area contributed by atoms with Crippen LogP contribution in [0.4, 0.5) is 18.9 Å². The lowest BCUT2D eigenvalue weighted by Crippen LogP contribution is -2.50. The molecule has 1 atom stereocenters. The number of carbonyl (C=O) groups excluding carboxylic acids is 2. The number of halogens is 3. The van der Waals surface area contributed by atoms with Gasteiger partial charge in [0.05, 0.1) is 17.8 Å². The van der Waals surface area contributed by atoms with Gasteiger partial charge in [0.25, 0.3) is 0 Å². The minimum atomic E-state index is -4.52. The molecule has 0 aromatic heterocycles. The van der Waals surface area contributed by atoms with Crippen LogP contribution in [0, 0.1) is 5.92 Å². The standard InChI is InChI=1S/C20H24F3N3O2/c21-20(22,23)16-7-3-4-8-17(16)24-18(27)14-25-9-11-26(12-10-25)19(28)13-15-5-1-2-6-15/h1,3-5,7-8,15H,2,6,9-14H2,(H,24,27)/t15-/m1/s1. The maximum atomic E-state index is 13.0. The van der Waals surface area contributed by atoms with Gasteiger partial charge in [-0.05, 0) is 30.9 Å². The van der Waals surface area contributed by atoms with Crippen molar-refractivity contribution in [2.45, 2.75) is 25.4 Å². The fraction of sp³-hybridized carbons (Fsp3) is 0.500. The zero-order chi connectivity index (χ0) is 20.1. The van der Waals surface area contributed by atoms with Crippen molar-refractivity contribution < 1.29 is 22.8 Å². The quantitative estimate of drug-likeness (QED) is 0.780. The smallest absolute Gasteiger partial charge is 0.340 e. The molecular weight excluding hydrogens is 371 g/mol. The second-order valence-corrected chi connectivity index (χ2v) is 7.22. The zero-order valence-corrected chi connectivity index (χ0v) is 15.5. The van der Waals surface area contributed by atoms with Crippen LogP contribution in [0.15, 0.2) is 36.4 Å². The number of alkyl halides is 3. The Morgan fingerprint density at radius 3 is 2.46 bits per heavy atom. The van der Waals surface area contributed by atoms with E-state index in [1.807, 2.05) is 4.90 Å². The molecule has 0 unspecified atom stereocenters. The lowest BCUT2D eigenvalue weighted by molar-refractivity contribution is -0.137. The summed E-state index contributed by atoms with van der Waals surface area (Å²) in [5.74, 6) is -0.0441. The Balaban J connectivity index is 1.46. The van der Waals surface area contributed by atoms with Gasteiger partial charge in [-0.25, -0.2) is 0 Å². The number of hydrogen-bond acceptors (Lipinski definition) is 3. The van der Waals surface area contributed by atoms with Gasteiger partial charge in [0.15, 0.2) is 0 Å². The van der Waals surface area contributed by atoms with E-state index in [0.29, 0.717) is 38.5 Å². The highest BCUT2D eigenvalue weighted by Gasteiger charge is 2.33. The van der Waals surface area contributed by atoms with Crippen LogP contribution in [0.3, 0.4) is 0 Å². The molecule has 1 aromatic carbocycles. The fourth-order valence-corrected chi connectivity index (χ4v) is 3.61. The van der Waals surface area contributed by atoms with E-state index in [0.717, 1.165) is 18.9 Å². The van der Waals surface area contributed by atoms with Gasteiger partial charge in [-0.2, -0.15) is 13.2 Å². The van der Waals surface area contributed by atoms with Gasteiger partial charge in [-0.1, -0.05) is 24.3 Å². The van der Waals surface area contributed by atoms with Crippen LogP contribution in [0.5, 0.6) is 0 Å². The van der Waals surface area contributed by atoms with Crippen molar-refractivity contribution >= 4 is 17.5 Å². The first-order chi connectivity index (χ1) is 13.3. The van der Waals surface area contributed by atoms with Gasteiger partial charge in [0.2, 0.25) is 11.8 Å². The van der Waals surface area contributed by atoms with E-state index in [1.54, 1.807) is 4.90 Å². The van der Waals surface area contributed by atoms with Crippen LogP contribution in [0.2, 0.25) is 0 Å². The zero-order valence-electron chi connectivity index (χ0n) is 15.5. The number of hydrogen-bond donors (Lipinski definition) is 1. The Kier molecular flexibility index (Phi) is 6.39. The number of allylic oxidation sites excluding steroid dienone is 2. The van der Waals surface area contributed by atoms with E-state index in [2.05, 4.69) is 17.5 Å². The molecule has 2 aliphatic rings. The summed E-state index contributed by atoms with van der Waals surface area (Å²) < 4.78 is 39.1. The van der Waals surface area contributed by atoms with Gasteiger partial charge < -0.3 is 10.2 Å². The Morgan fingerprint density at radius 2 is 1.82 bits per heavy atom. The summed E-state index contributed by atoms with van der Waals surface area (Å²) in [6.45, 7) is 2.12. The molecule has 28 heavy (non-hydrogen) atoms. The number of rotatable bonds is 5. The third kappa shape index (κ3) is 5.34. The molecule has 1 aromatic rings. The lowest BCUT2D eigenvalue weighted by atomic mass is 10.0. The van der Waals surface area contributed by atoms with Crippen molar-refractivity contribution in [2.24, 2.45) is 5.92 Å². The van der Waals surface area contributed by atoms with Crippen molar-refractivity contribution in [3.05, 3.63) is 42.0 Å². The van der Waals surface area contributed by atoms with Crippen LogP contribution in [-0.2, 0) is 15.8 Å². The lowest BCUT2D eigenvalue weighted by Gasteiger charge is -2.34. The highest BCUT2D eigenvalue weighted by Crippen LogP contribution is 2.34. The van der Waals surface area contributed by atoms with Crippen molar-refractivity contribution in [2.75, 3.05) is 38.0 Å². The summed E-state index contributed by atoms with van der Waals surface area (Å²) >= 11 is 0. The Labute approximate surface area is 162 Å². The first kappa shape index (κ1) is 20.4. The Bertz CT molecular complexity index is 740. The first-order valence-corrected chi connectivity index (χ1v) is 9.46. The third-order valence-electron chi connectivity index (χ3n) is 5.15. The van der Waals surface area contributed by atoms with E-state index >= 15 is 0 Å². The number of nitrogens with one attached hydrogen (secondary N) is 1. The van der Waals surface area contributed by atoms with Crippen molar-refractivity contribution in [3.8, 4) is 0 Å². The fourth-order valence-electron chi connectivity index (χ4n) is 3.61. The molecule has 3 rings (SSSR count). The summed E-state index contributed by atoms with van der Waals surface area (Å²) in [6.07, 6.45) is 2.24. The van der Waals surface area contributed by atoms with E-state index in [1.165, 1.54) is 18.2 Å². The van der Waals surface area contributed by atoms with Crippen molar-refractivity contribution in [3.63, 3.8) is 0 Å². The molecule has 152 valence electrons. The molecule has 1 fully saturated rings. The van der Waals surface area contributed by atoms with Crippen LogP contribution in [0.1, 0.15) is 24.8 Å². The van der Waals surface area contributed by atoms with E-state index in [9.17, 15) is 22.8 Å². The summed E-state index contributed by atoms with van der Waals surface area (Å²) in [7, 11) is 0. The Hall–Kier alpha value is -2.35. The highest BCUT2D eigenvalue weighted by molar-refractivity contribution is 5.93. The van der Waals surface area contributed by atoms with Crippen LogP contribution >= 0.6 is 0 Å². The maximum Gasteiger partial charge on any atom is 0.418 e. The highest BCUT2D eigenvalue weighted by atomic mass is 19.4. The molecular formula is C20H24F3N3O2. The van der Waals surface area contributed by atoms with Crippen LogP contribution in [-0.4, -0.2) is 54.3 Å². The number of amides is 2. The average Bonchev–Trinajstić information content (AvgIpc) is 3.14. The predicted molar refractivity (Wildman–Crippen MR) is 99.6 cm³/mol. The molecule has 0 saturated carbocycles. The molecule has 1 aliphatic carbocycles. The first-order valence-electron chi connectivity index (χ1n) is 9.46. The summed E-state index contributed by atoms with van der Waals surface area (Å²) in [5.41, 5.74) is -1.10. The van der Waals surface area contributed by atoms with E-state index in [-0.39, 0.29) is 18.1 Å². The molecule has 1 heterocycles. The van der Waals surface area contributed by atoms with Crippen molar-refractivity contribution in [1.29, 1.82) is 0 Å². The molecule has 0 radical (unpaired) electrons. The summed E-state index contributed by atoms with van der Waals surface area (Å²) in [4.78, 5) is 28.2. The average molecular weight is 395 g/mol. The molecule has 5 nitrogen and oxygen atoms in total. The number of anilines is 1. The number of carbonyl (C=O) groups is 2. The van der Waals surface area contributed by atoms with Crippen molar-refractivity contribution in [1.82, 2.24) is 9.80 Å². The van der Waals surface area contributed by atoms with Gasteiger partial charge in [-0.15, -0.1) is 0 Å². The number of nitrogens with zero attached hydrogens (tertiary/aromatic N) is 2. The van der Waals surface area contributed by atoms with Crippen LogP contribution in [0.25, 0.3) is 0 Å². The molecule has 2 amide bonds. The van der Waals surface area contributed by atoms with Gasteiger partial charge in [0, 0.05) is 32.6 Å². The molecule has 1 saturated heterocycles. The van der Waals surface area contributed by atoms with Gasteiger partial charge in [-0.3, -0.25) is 14.5 Å². The minimum absolute atomic E-state index is 0.000412. The van der Waals surface area contributed by atoms with Gasteiger partial charge in [0.1, 0.15) is 0 Å². The number of benzene rings is 1. The molecule has 1 aliphatic heterocycles. The summed E-state index contributed by atoms with van der Waals surface area (Å²) in [6, 6.07) is 4.93. The maximum absolute atomic E-state index is 13.0. The largest absolute Gasteiger partial charge is 0.418 e. The number of para-hydroxylation sites is 1. The normalized spacial score (nSPS) is 20.4. The Morgan fingerprint density at radius 1 is 1.11 bits per heavy atom. The minimum Gasteiger partial charge on any atom is -0.340 e. The molecule has 0 bridgehead atoms. The van der Waals surface area contributed by atoms with Gasteiger partial charge >= 0.3 is 6.18 Å². The molecule has 8 heteroatoms. The predicted octanol–water partition coefficient (Wildman–Crippen LogP) is 3.14. The number of piperazine rings is 1. The van der Waals surface area contributed by atoms with E-state index < -0.39 is 17.6 Å². The topological polar surface area (TPSA) is 52.7 Å². The van der Waals surface area contributed by atoms with Crippen LogP contribution < -0.4 is 5.32 Å². The summed E-state index contributed by atoms with van der Waals surface area (Å²) in [5, 5.41) is 2.36.